The second kappa shape index (κ2) is 7.47. The van der Waals surface area contributed by atoms with Crippen LogP contribution in [0.5, 0.6) is 0 Å². The highest BCUT2D eigenvalue weighted by atomic mass is 32.1. The summed E-state index contributed by atoms with van der Waals surface area (Å²) in [5.41, 5.74) is 5.89. The molecule has 0 unspecified atom stereocenters. The van der Waals surface area contributed by atoms with Crippen LogP contribution >= 0.6 is 11.3 Å². The lowest BCUT2D eigenvalue weighted by Crippen LogP contribution is -2.29. The lowest BCUT2D eigenvalue weighted by molar-refractivity contribution is 0.0957. The van der Waals surface area contributed by atoms with Crippen LogP contribution in [0.2, 0.25) is 0 Å². The summed E-state index contributed by atoms with van der Waals surface area (Å²) in [6, 6.07) is 0. The number of piperidine rings is 1. The Hall–Kier alpha value is -1.30. The van der Waals surface area contributed by atoms with E-state index in [9.17, 15) is 4.79 Å². The summed E-state index contributed by atoms with van der Waals surface area (Å²) in [6.45, 7) is 4.89. The molecule has 6 heteroatoms. The molecule has 1 aliphatic heterocycles. The zero-order chi connectivity index (χ0) is 14.4. The summed E-state index contributed by atoms with van der Waals surface area (Å²) in [5, 5.41) is 3.81. The Bertz CT molecular complexity index is 440. The molecule has 1 aromatic heterocycles. The number of nitrogens with two attached hydrogens (primary N) is 1. The van der Waals surface area contributed by atoms with Crippen LogP contribution in [0.15, 0.2) is 0 Å². The zero-order valence-corrected chi connectivity index (χ0v) is 13.0. The van der Waals surface area contributed by atoms with E-state index in [1.807, 2.05) is 0 Å². The fraction of sp³-hybridized carbons (Fsp3) is 0.714. The Kier molecular flexibility index (Phi) is 5.64. The van der Waals surface area contributed by atoms with Gasteiger partial charge in [-0.25, -0.2) is 4.98 Å². The Balaban J connectivity index is 1.94. The average molecular weight is 296 g/mol. The van der Waals surface area contributed by atoms with Gasteiger partial charge < -0.3 is 16.0 Å². The molecule has 0 bridgehead atoms. The van der Waals surface area contributed by atoms with Gasteiger partial charge in [-0.05, 0) is 25.7 Å². The van der Waals surface area contributed by atoms with Gasteiger partial charge in [0.1, 0.15) is 10.7 Å². The third-order valence-corrected chi connectivity index (χ3v) is 4.67. The highest BCUT2D eigenvalue weighted by Crippen LogP contribution is 2.29. The maximum Gasteiger partial charge on any atom is 0.265 e. The molecule has 3 N–H and O–H groups in total. The monoisotopic (exact) mass is 296 g/mol. The Morgan fingerprint density at radius 2 is 2.10 bits per heavy atom. The van der Waals surface area contributed by atoms with Crippen molar-refractivity contribution in [3.05, 3.63) is 4.88 Å². The molecule has 0 radical (unpaired) electrons. The molecule has 1 aliphatic rings. The second-order valence-electron chi connectivity index (χ2n) is 5.22. The van der Waals surface area contributed by atoms with Gasteiger partial charge in [0, 0.05) is 19.6 Å². The van der Waals surface area contributed by atoms with Gasteiger partial charge in [0.2, 0.25) is 0 Å². The average Bonchev–Trinajstić information content (AvgIpc) is 2.86. The molecular formula is C14H24N4OS. The summed E-state index contributed by atoms with van der Waals surface area (Å²) < 4.78 is 0. The van der Waals surface area contributed by atoms with Gasteiger partial charge in [-0.15, -0.1) is 0 Å². The minimum atomic E-state index is -0.0839. The number of rotatable bonds is 6. The summed E-state index contributed by atoms with van der Waals surface area (Å²) >= 11 is 1.42. The van der Waals surface area contributed by atoms with Crippen LogP contribution in [0.3, 0.4) is 0 Å². The van der Waals surface area contributed by atoms with Gasteiger partial charge >= 0.3 is 0 Å². The number of aromatic nitrogens is 1. The maximum absolute atomic E-state index is 12.1. The molecule has 0 aliphatic carbocycles. The minimum Gasteiger partial charge on any atom is -0.382 e. The van der Waals surface area contributed by atoms with Crippen LogP contribution < -0.4 is 16.0 Å². The van der Waals surface area contributed by atoms with Crippen LogP contribution in [0.1, 0.15) is 55.1 Å². The molecule has 1 aromatic rings. The SMILES string of the molecule is CCCCCNC(=O)c1sc(N2CCCCC2)nc1N. The molecule has 1 fully saturated rings. The van der Waals surface area contributed by atoms with Crippen molar-refractivity contribution in [3.63, 3.8) is 0 Å². The van der Waals surface area contributed by atoms with Crippen LogP contribution in [-0.2, 0) is 0 Å². The van der Waals surface area contributed by atoms with Crippen LogP contribution in [0.25, 0.3) is 0 Å². The molecule has 0 aromatic carbocycles. The third-order valence-electron chi connectivity index (χ3n) is 3.54. The number of nitrogens with zero attached hydrogens (tertiary/aromatic N) is 2. The zero-order valence-electron chi connectivity index (χ0n) is 12.2. The number of nitrogens with one attached hydrogen (secondary N) is 1. The first-order valence-corrected chi connectivity index (χ1v) is 8.33. The molecule has 20 heavy (non-hydrogen) atoms. The first-order valence-electron chi connectivity index (χ1n) is 7.51. The van der Waals surface area contributed by atoms with E-state index >= 15 is 0 Å². The van der Waals surface area contributed by atoms with E-state index in [4.69, 9.17) is 5.73 Å². The summed E-state index contributed by atoms with van der Waals surface area (Å²) in [7, 11) is 0. The van der Waals surface area contributed by atoms with Gasteiger partial charge in [-0.3, -0.25) is 4.79 Å². The Morgan fingerprint density at radius 3 is 2.80 bits per heavy atom. The van der Waals surface area contributed by atoms with Crippen molar-refractivity contribution in [2.24, 2.45) is 0 Å². The lowest BCUT2D eigenvalue weighted by atomic mass is 10.1. The van der Waals surface area contributed by atoms with Crippen molar-refractivity contribution in [3.8, 4) is 0 Å². The number of anilines is 2. The summed E-state index contributed by atoms with van der Waals surface area (Å²) in [6.07, 6.45) is 6.97. The van der Waals surface area contributed by atoms with Gasteiger partial charge in [-0.2, -0.15) is 0 Å². The van der Waals surface area contributed by atoms with Gasteiger partial charge in [0.05, 0.1) is 0 Å². The van der Waals surface area contributed by atoms with Crippen molar-refractivity contribution in [2.75, 3.05) is 30.3 Å². The van der Waals surface area contributed by atoms with Crippen molar-refractivity contribution < 1.29 is 4.79 Å². The predicted octanol–water partition coefficient (Wildman–Crippen LogP) is 2.64. The van der Waals surface area contributed by atoms with Gasteiger partial charge in [0.15, 0.2) is 5.13 Å². The van der Waals surface area contributed by atoms with E-state index in [-0.39, 0.29) is 5.91 Å². The predicted molar refractivity (Wildman–Crippen MR) is 84.4 cm³/mol. The molecule has 1 amide bonds. The highest BCUT2D eigenvalue weighted by molar-refractivity contribution is 7.18. The second-order valence-corrected chi connectivity index (χ2v) is 6.20. The topological polar surface area (TPSA) is 71.2 Å². The molecule has 2 rings (SSSR count). The number of hydrogen-bond acceptors (Lipinski definition) is 5. The van der Waals surface area contributed by atoms with Crippen molar-refractivity contribution in [1.29, 1.82) is 0 Å². The smallest absolute Gasteiger partial charge is 0.265 e. The highest BCUT2D eigenvalue weighted by Gasteiger charge is 2.20. The number of carbonyl (C=O) groups excluding carboxylic acids is 1. The molecule has 1 saturated heterocycles. The number of nitrogen functional groups attached to an aromatic ring is 1. The van der Waals surface area contributed by atoms with E-state index < -0.39 is 0 Å². The van der Waals surface area contributed by atoms with Crippen LogP contribution in [-0.4, -0.2) is 30.5 Å². The minimum absolute atomic E-state index is 0.0839. The number of unbranched alkanes of at least 4 members (excludes halogenated alkanes) is 2. The Morgan fingerprint density at radius 1 is 1.35 bits per heavy atom. The van der Waals surface area contributed by atoms with E-state index in [1.54, 1.807) is 0 Å². The third kappa shape index (κ3) is 3.85. The number of carbonyl (C=O) groups is 1. The Labute approximate surface area is 124 Å². The van der Waals surface area contributed by atoms with E-state index in [0.29, 0.717) is 17.2 Å². The largest absolute Gasteiger partial charge is 0.382 e. The van der Waals surface area contributed by atoms with Crippen molar-refractivity contribution in [1.82, 2.24) is 10.3 Å². The lowest BCUT2D eigenvalue weighted by Gasteiger charge is -2.25. The molecule has 5 nitrogen and oxygen atoms in total. The maximum atomic E-state index is 12.1. The fourth-order valence-electron chi connectivity index (χ4n) is 2.36. The fourth-order valence-corrected chi connectivity index (χ4v) is 3.31. The molecule has 0 spiro atoms. The molecular weight excluding hydrogens is 272 g/mol. The summed E-state index contributed by atoms with van der Waals surface area (Å²) in [5.74, 6) is 0.280. The van der Waals surface area contributed by atoms with Crippen LogP contribution in [0, 0.1) is 0 Å². The molecule has 0 atom stereocenters. The van der Waals surface area contributed by atoms with E-state index in [1.165, 1.54) is 30.6 Å². The molecule has 112 valence electrons. The quantitative estimate of drug-likeness (QED) is 0.792. The van der Waals surface area contributed by atoms with E-state index in [2.05, 4.69) is 22.1 Å². The van der Waals surface area contributed by atoms with Crippen LogP contribution in [0.4, 0.5) is 10.9 Å². The molecule has 2 heterocycles. The first-order chi connectivity index (χ1) is 9.72. The van der Waals surface area contributed by atoms with E-state index in [0.717, 1.165) is 37.5 Å². The molecule has 0 saturated carbocycles. The number of amides is 1. The van der Waals surface area contributed by atoms with Gasteiger partial charge in [-0.1, -0.05) is 31.1 Å². The van der Waals surface area contributed by atoms with Crippen molar-refractivity contribution >= 4 is 28.2 Å². The number of thiazole rings is 1. The van der Waals surface area contributed by atoms with Crippen molar-refractivity contribution in [2.45, 2.75) is 45.4 Å². The number of hydrogen-bond donors (Lipinski definition) is 2. The standard InChI is InChI=1S/C14H24N4OS/c1-2-3-5-8-16-13(19)11-12(15)17-14(20-11)18-9-6-4-7-10-18/h2-10,15H2,1H3,(H,16,19). The first kappa shape index (κ1) is 15.1. The van der Waals surface area contributed by atoms with Gasteiger partial charge in [0.25, 0.3) is 5.91 Å². The summed E-state index contributed by atoms with van der Waals surface area (Å²) in [4.78, 5) is 19.2. The normalized spacial score (nSPS) is 15.3.